The van der Waals surface area contributed by atoms with Crippen LogP contribution in [-0.4, -0.2) is 18.1 Å². The number of rotatable bonds is 6. The molecule has 0 bridgehead atoms. The van der Waals surface area contributed by atoms with Gasteiger partial charge in [-0.1, -0.05) is 26.0 Å². The van der Waals surface area contributed by atoms with E-state index in [0.717, 1.165) is 5.75 Å². The first-order valence-electron chi connectivity index (χ1n) is 6.76. The highest BCUT2D eigenvalue weighted by molar-refractivity contribution is 5.30. The fourth-order valence-electron chi connectivity index (χ4n) is 2.05. The number of benzene rings is 1. The summed E-state index contributed by atoms with van der Waals surface area (Å²) in [5, 5.41) is 0. The Morgan fingerprint density at radius 2 is 2.05 bits per heavy atom. The van der Waals surface area contributed by atoms with Gasteiger partial charge in [0.2, 0.25) is 0 Å². The van der Waals surface area contributed by atoms with Gasteiger partial charge in [-0.15, -0.1) is 0 Å². The minimum Gasteiger partial charge on any atom is -0.493 e. The van der Waals surface area contributed by atoms with Crippen LogP contribution in [0.3, 0.4) is 0 Å². The zero-order valence-corrected chi connectivity index (χ0v) is 11.6. The van der Waals surface area contributed by atoms with Crippen molar-refractivity contribution in [1.29, 1.82) is 0 Å². The molecule has 0 aliphatic heterocycles. The second-order valence-corrected chi connectivity index (χ2v) is 5.12. The lowest BCUT2D eigenvalue weighted by Crippen LogP contribution is -2.19. The molecule has 1 unspecified atom stereocenters. The van der Waals surface area contributed by atoms with Gasteiger partial charge in [0, 0.05) is 24.9 Å². The largest absolute Gasteiger partial charge is 0.493 e. The monoisotopic (exact) mass is 258 g/mol. The number of nitrogens with one attached hydrogen (secondary N) is 1. The van der Waals surface area contributed by atoms with E-state index in [1.54, 1.807) is 0 Å². The number of hydrogen-bond donors (Lipinski definition) is 2. The van der Waals surface area contributed by atoms with Gasteiger partial charge < -0.3 is 15.5 Å². The molecule has 3 heteroatoms. The third-order valence-electron chi connectivity index (χ3n) is 3.35. The molecule has 0 spiro atoms. The van der Waals surface area contributed by atoms with Crippen LogP contribution >= 0.6 is 0 Å². The maximum atomic E-state index is 5.88. The lowest BCUT2D eigenvalue weighted by atomic mass is 10.0. The summed E-state index contributed by atoms with van der Waals surface area (Å²) in [6.07, 6.45) is 3.89. The summed E-state index contributed by atoms with van der Waals surface area (Å²) in [7, 11) is 0. The van der Waals surface area contributed by atoms with Crippen LogP contribution in [0.25, 0.3) is 0 Å². The zero-order valence-electron chi connectivity index (χ0n) is 11.6. The number of nitrogens with two attached hydrogens (primary N) is 1. The summed E-state index contributed by atoms with van der Waals surface area (Å²) in [4.78, 5) is 3.06. The Bertz CT molecular complexity index is 491. The number of aromatic nitrogens is 1. The van der Waals surface area contributed by atoms with E-state index >= 15 is 0 Å². The van der Waals surface area contributed by atoms with Crippen molar-refractivity contribution in [2.75, 3.05) is 13.2 Å². The lowest BCUT2D eigenvalue weighted by Gasteiger charge is -2.15. The van der Waals surface area contributed by atoms with Crippen LogP contribution in [0.5, 0.6) is 5.75 Å². The van der Waals surface area contributed by atoms with E-state index in [0.29, 0.717) is 19.1 Å². The van der Waals surface area contributed by atoms with Crippen LogP contribution in [-0.2, 0) is 0 Å². The molecule has 2 aromatic rings. The van der Waals surface area contributed by atoms with Crippen molar-refractivity contribution in [3.05, 3.63) is 53.9 Å². The van der Waals surface area contributed by atoms with E-state index < -0.39 is 0 Å². The first kappa shape index (κ1) is 13.7. The molecule has 1 heterocycles. The van der Waals surface area contributed by atoms with Gasteiger partial charge >= 0.3 is 0 Å². The maximum absolute atomic E-state index is 5.88. The second-order valence-electron chi connectivity index (χ2n) is 5.12. The normalized spacial score (nSPS) is 12.6. The van der Waals surface area contributed by atoms with E-state index in [1.807, 2.05) is 30.6 Å². The number of ether oxygens (including phenoxy) is 1. The SMILES string of the molecule is CC(C)c1cccc(OCC(CN)c2cc[nH]c2)c1. The Hall–Kier alpha value is -1.74. The van der Waals surface area contributed by atoms with Crippen molar-refractivity contribution < 1.29 is 4.74 Å². The number of aromatic amines is 1. The Labute approximate surface area is 114 Å². The fourth-order valence-corrected chi connectivity index (χ4v) is 2.05. The molecule has 1 aromatic carbocycles. The Morgan fingerprint density at radius 3 is 2.68 bits per heavy atom. The predicted molar refractivity (Wildman–Crippen MR) is 78.6 cm³/mol. The van der Waals surface area contributed by atoms with Crippen molar-refractivity contribution in [1.82, 2.24) is 4.98 Å². The average molecular weight is 258 g/mol. The molecule has 0 amide bonds. The highest BCUT2D eigenvalue weighted by atomic mass is 16.5. The molecule has 3 nitrogen and oxygen atoms in total. The van der Waals surface area contributed by atoms with Crippen molar-refractivity contribution in [2.24, 2.45) is 5.73 Å². The van der Waals surface area contributed by atoms with Crippen LogP contribution in [0.2, 0.25) is 0 Å². The number of H-pyrrole nitrogens is 1. The molecule has 19 heavy (non-hydrogen) atoms. The van der Waals surface area contributed by atoms with Gasteiger partial charge in [0.25, 0.3) is 0 Å². The van der Waals surface area contributed by atoms with Crippen molar-refractivity contribution in [2.45, 2.75) is 25.7 Å². The lowest BCUT2D eigenvalue weighted by molar-refractivity contribution is 0.290. The van der Waals surface area contributed by atoms with E-state index in [-0.39, 0.29) is 5.92 Å². The fraction of sp³-hybridized carbons (Fsp3) is 0.375. The van der Waals surface area contributed by atoms with Crippen LogP contribution < -0.4 is 10.5 Å². The van der Waals surface area contributed by atoms with Gasteiger partial charge in [-0.05, 0) is 35.2 Å². The van der Waals surface area contributed by atoms with Crippen LogP contribution in [0, 0.1) is 0 Å². The highest BCUT2D eigenvalue weighted by Crippen LogP contribution is 2.22. The molecule has 0 fully saturated rings. The average Bonchev–Trinajstić information content (AvgIpc) is 2.94. The molecule has 0 saturated carbocycles. The van der Waals surface area contributed by atoms with E-state index in [4.69, 9.17) is 10.5 Å². The third kappa shape index (κ3) is 3.61. The van der Waals surface area contributed by atoms with Gasteiger partial charge in [-0.2, -0.15) is 0 Å². The molecule has 3 N–H and O–H groups in total. The van der Waals surface area contributed by atoms with Crippen LogP contribution in [0.4, 0.5) is 0 Å². The molecule has 0 aliphatic rings. The summed E-state index contributed by atoms with van der Waals surface area (Å²) >= 11 is 0. The molecule has 0 saturated heterocycles. The van der Waals surface area contributed by atoms with Crippen molar-refractivity contribution >= 4 is 0 Å². The topological polar surface area (TPSA) is 51.0 Å². The molecule has 1 atom stereocenters. The summed E-state index contributed by atoms with van der Waals surface area (Å²) in [6.45, 7) is 5.56. The Morgan fingerprint density at radius 1 is 1.21 bits per heavy atom. The highest BCUT2D eigenvalue weighted by Gasteiger charge is 2.11. The minimum absolute atomic E-state index is 0.231. The summed E-state index contributed by atoms with van der Waals surface area (Å²) < 4.78 is 5.88. The van der Waals surface area contributed by atoms with E-state index in [9.17, 15) is 0 Å². The summed E-state index contributed by atoms with van der Waals surface area (Å²) in [5.74, 6) is 1.66. The molecular formula is C16H22N2O. The Balaban J connectivity index is 1.99. The maximum Gasteiger partial charge on any atom is 0.119 e. The molecular weight excluding hydrogens is 236 g/mol. The van der Waals surface area contributed by atoms with Gasteiger partial charge in [-0.3, -0.25) is 0 Å². The minimum atomic E-state index is 0.231. The first-order valence-corrected chi connectivity index (χ1v) is 6.76. The van der Waals surface area contributed by atoms with Crippen molar-refractivity contribution in [3.8, 4) is 5.75 Å². The van der Waals surface area contributed by atoms with Gasteiger partial charge in [-0.25, -0.2) is 0 Å². The molecule has 1 aromatic heterocycles. The van der Waals surface area contributed by atoms with E-state index in [2.05, 4.69) is 31.0 Å². The smallest absolute Gasteiger partial charge is 0.119 e. The van der Waals surface area contributed by atoms with Crippen molar-refractivity contribution in [3.63, 3.8) is 0 Å². The van der Waals surface area contributed by atoms with E-state index in [1.165, 1.54) is 11.1 Å². The standard InChI is InChI=1S/C16H22N2O/c1-12(2)13-4-3-5-16(8-13)19-11-15(9-17)14-6-7-18-10-14/h3-8,10,12,15,18H,9,11,17H2,1-2H3. The molecule has 102 valence electrons. The Kier molecular flexibility index (Phi) is 4.63. The van der Waals surface area contributed by atoms with Gasteiger partial charge in [0.15, 0.2) is 0 Å². The molecule has 0 aliphatic carbocycles. The predicted octanol–water partition coefficient (Wildman–Crippen LogP) is 3.26. The number of hydrogen-bond acceptors (Lipinski definition) is 2. The zero-order chi connectivity index (χ0) is 13.7. The quantitative estimate of drug-likeness (QED) is 0.835. The van der Waals surface area contributed by atoms with Gasteiger partial charge in [0.1, 0.15) is 5.75 Å². The van der Waals surface area contributed by atoms with Gasteiger partial charge in [0.05, 0.1) is 6.61 Å². The first-order chi connectivity index (χ1) is 9.20. The summed E-state index contributed by atoms with van der Waals surface area (Å²) in [5.41, 5.74) is 8.30. The van der Waals surface area contributed by atoms with Crippen LogP contribution in [0.1, 0.15) is 36.8 Å². The summed E-state index contributed by atoms with van der Waals surface area (Å²) in [6, 6.07) is 10.3. The molecule has 0 radical (unpaired) electrons. The second kappa shape index (κ2) is 6.43. The third-order valence-corrected chi connectivity index (χ3v) is 3.35. The molecule has 2 rings (SSSR count). The van der Waals surface area contributed by atoms with Crippen LogP contribution in [0.15, 0.2) is 42.7 Å².